The normalized spacial score (nSPS) is 11.3. The molecule has 0 aliphatic rings. The molecule has 0 aromatic carbocycles. The van der Waals surface area contributed by atoms with E-state index in [4.69, 9.17) is 13.3 Å². The summed E-state index contributed by atoms with van der Waals surface area (Å²) in [5.41, 5.74) is 0. The lowest BCUT2D eigenvalue weighted by Crippen LogP contribution is -2.44. The highest BCUT2D eigenvalue weighted by atomic mass is 35.5. The van der Waals surface area contributed by atoms with E-state index >= 15 is 0 Å². The molecule has 3 N–H and O–H groups in total. The first-order valence-electron chi connectivity index (χ1n) is 10.5. The van der Waals surface area contributed by atoms with E-state index in [1.165, 1.54) is 64.2 Å². The third kappa shape index (κ3) is 19.4. The molecule has 0 aromatic heterocycles. The lowest BCUT2D eigenvalue weighted by Gasteiger charge is -2.27. The Morgan fingerprint density at radius 3 is 1.56 bits per heavy atom. The maximum Gasteiger partial charge on any atom is 0.500 e. The van der Waals surface area contributed by atoms with Gasteiger partial charge in [0, 0.05) is 26.9 Å². The Labute approximate surface area is 177 Å². The van der Waals surface area contributed by atoms with Crippen LogP contribution in [0.2, 0.25) is 6.04 Å². The lowest BCUT2D eigenvalue weighted by atomic mass is 10.1. The maximum absolute atomic E-state index is 6.07. The molecular weight excluding hydrogens is 380 g/mol. The molecule has 0 rings (SSSR count). The summed E-state index contributed by atoms with van der Waals surface area (Å²) in [5, 5.41) is 0. The van der Waals surface area contributed by atoms with Crippen LogP contribution in [-0.2, 0) is 13.3 Å². The Balaban J connectivity index is -0.00000288. The third-order valence-electron chi connectivity index (χ3n) is 4.78. The zero-order chi connectivity index (χ0) is 18.8. The van der Waals surface area contributed by atoms with Gasteiger partial charge in [-0.1, -0.05) is 71.1 Å². The fourth-order valence-corrected chi connectivity index (χ4v) is 5.08. The van der Waals surface area contributed by atoms with Crippen molar-refractivity contribution in [3.63, 3.8) is 0 Å². The SMILES string of the molecule is CCCCCCCCCCCCCO[Si](CCCN(C)C)(OC)OC.Cl.N. The molecule has 0 saturated heterocycles. The molecule has 0 bridgehead atoms. The Kier molecular flexibility index (Phi) is 26.8. The fourth-order valence-electron chi connectivity index (χ4n) is 3.08. The van der Waals surface area contributed by atoms with Gasteiger partial charge in [0.1, 0.15) is 0 Å². The Morgan fingerprint density at radius 2 is 1.15 bits per heavy atom. The smallest absolute Gasteiger partial charge is 0.377 e. The molecule has 0 atom stereocenters. The molecule has 168 valence electrons. The van der Waals surface area contributed by atoms with Gasteiger partial charge in [-0.3, -0.25) is 0 Å². The largest absolute Gasteiger partial charge is 0.500 e. The van der Waals surface area contributed by atoms with E-state index in [0.717, 1.165) is 32.0 Å². The zero-order valence-corrected chi connectivity index (χ0v) is 20.7. The summed E-state index contributed by atoms with van der Waals surface area (Å²) in [4.78, 5) is 2.19. The second kappa shape index (κ2) is 22.6. The first-order valence-corrected chi connectivity index (χ1v) is 12.4. The van der Waals surface area contributed by atoms with Gasteiger partial charge in [0.2, 0.25) is 0 Å². The Bertz CT molecular complexity index is 284. The summed E-state index contributed by atoms with van der Waals surface area (Å²) in [6.45, 7) is 4.09. The minimum Gasteiger partial charge on any atom is -0.377 e. The second-order valence-corrected chi connectivity index (χ2v) is 10.4. The summed E-state index contributed by atoms with van der Waals surface area (Å²) in [5.74, 6) is 0. The van der Waals surface area contributed by atoms with Crippen LogP contribution in [0.1, 0.15) is 84.0 Å². The summed E-state index contributed by atoms with van der Waals surface area (Å²) < 4.78 is 17.4. The molecular formula is C20H49ClN2O3Si. The van der Waals surface area contributed by atoms with Crippen LogP contribution in [0.5, 0.6) is 0 Å². The number of nitrogens with zero attached hydrogens (tertiary/aromatic N) is 1. The third-order valence-corrected chi connectivity index (χ3v) is 7.63. The van der Waals surface area contributed by atoms with Gasteiger partial charge in [-0.15, -0.1) is 12.4 Å². The average molecular weight is 429 g/mol. The van der Waals surface area contributed by atoms with Gasteiger partial charge >= 0.3 is 8.80 Å². The van der Waals surface area contributed by atoms with Gasteiger partial charge in [-0.25, -0.2) is 0 Å². The molecule has 0 aliphatic carbocycles. The van der Waals surface area contributed by atoms with Crippen LogP contribution in [0.4, 0.5) is 0 Å². The van der Waals surface area contributed by atoms with Crippen molar-refractivity contribution in [3.8, 4) is 0 Å². The van der Waals surface area contributed by atoms with Crippen molar-refractivity contribution in [2.24, 2.45) is 0 Å². The average Bonchev–Trinajstić information content (AvgIpc) is 2.61. The molecule has 0 aliphatic heterocycles. The number of rotatable bonds is 19. The number of hydrogen-bond donors (Lipinski definition) is 1. The first kappa shape index (κ1) is 32.0. The van der Waals surface area contributed by atoms with E-state index in [2.05, 4.69) is 25.9 Å². The molecule has 7 heteroatoms. The van der Waals surface area contributed by atoms with E-state index in [-0.39, 0.29) is 18.6 Å². The van der Waals surface area contributed by atoms with Crippen molar-refractivity contribution in [1.29, 1.82) is 0 Å². The second-order valence-electron chi connectivity index (χ2n) is 7.38. The standard InChI is InChI=1S/C20H45NO3Si.ClH.H3N/c1-6-7-8-9-10-11-12-13-14-15-16-19-24-25(22-4,23-5)20-17-18-21(2)3;;/h6-20H2,1-5H3;1H;1H3. The molecule has 0 fully saturated rings. The first-order chi connectivity index (χ1) is 12.1. The van der Waals surface area contributed by atoms with Crippen molar-refractivity contribution in [2.75, 3.05) is 41.5 Å². The highest BCUT2D eigenvalue weighted by molar-refractivity contribution is 6.60. The molecule has 0 saturated carbocycles. The highest BCUT2D eigenvalue weighted by Gasteiger charge is 2.38. The summed E-state index contributed by atoms with van der Waals surface area (Å²) in [6, 6.07) is 0.899. The minimum atomic E-state index is -2.43. The van der Waals surface area contributed by atoms with E-state index in [1.54, 1.807) is 14.2 Å². The molecule has 27 heavy (non-hydrogen) atoms. The summed E-state index contributed by atoms with van der Waals surface area (Å²) in [7, 11) is 5.21. The lowest BCUT2D eigenvalue weighted by molar-refractivity contribution is 0.0951. The zero-order valence-electron chi connectivity index (χ0n) is 18.9. The van der Waals surface area contributed by atoms with E-state index in [9.17, 15) is 0 Å². The molecule has 0 radical (unpaired) electrons. The molecule has 5 nitrogen and oxygen atoms in total. The van der Waals surface area contributed by atoms with E-state index in [1.807, 2.05) is 0 Å². The Morgan fingerprint density at radius 1 is 0.704 bits per heavy atom. The molecule has 0 amide bonds. The Hall–Kier alpha value is 0.307. The van der Waals surface area contributed by atoms with Crippen LogP contribution in [0.3, 0.4) is 0 Å². The van der Waals surface area contributed by atoms with Gasteiger partial charge < -0.3 is 24.3 Å². The number of unbranched alkanes of at least 4 members (excludes halogenated alkanes) is 10. The highest BCUT2D eigenvalue weighted by Crippen LogP contribution is 2.17. The fraction of sp³-hybridized carbons (Fsp3) is 1.00. The monoisotopic (exact) mass is 428 g/mol. The predicted octanol–water partition coefficient (Wildman–Crippen LogP) is 6.08. The van der Waals surface area contributed by atoms with Gasteiger partial charge in [0.25, 0.3) is 0 Å². The van der Waals surface area contributed by atoms with Crippen LogP contribution in [0.15, 0.2) is 0 Å². The minimum absolute atomic E-state index is 0. The van der Waals surface area contributed by atoms with Crippen molar-refractivity contribution >= 4 is 21.2 Å². The molecule has 0 aromatic rings. The predicted molar refractivity (Wildman–Crippen MR) is 122 cm³/mol. The van der Waals surface area contributed by atoms with E-state index < -0.39 is 8.80 Å². The van der Waals surface area contributed by atoms with Crippen molar-refractivity contribution in [1.82, 2.24) is 11.1 Å². The molecule has 0 spiro atoms. The van der Waals surface area contributed by atoms with Crippen LogP contribution < -0.4 is 6.15 Å². The van der Waals surface area contributed by atoms with E-state index in [0.29, 0.717) is 0 Å². The maximum atomic E-state index is 6.07. The van der Waals surface area contributed by atoms with Crippen molar-refractivity contribution in [2.45, 2.75) is 90.0 Å². The quantitative estimate of drug-likeness (QED) is 0.199. The molecule has 0 heterocycles. The van der Waals surface area contributed by atoms with Crippen LogP contribution in [0.25, 0.3) is 0 Å². The topological polar surface area (TPSA) is 65.9 Å². The number of halogens is 1. The number of hydrogen-bond acceptors (Lipinski definition) is 5. The van der Waals surface area contributed by atoms with Crippen LogP contribution in [0, 0.1) is 0 Å². The summed E-state index contributed by atoms with van der Waals surface area (Å²) in [6.07, 6.45) is 15.9. The van der Waals surface area contributed by atoms with Gasteiger partial charge in [0.05, 0.1) is 0 Å². The van der Waals surface area contributed by atoms with Gasteiger partial charge in [0.15, 0.2) is 0 Å². The van der Waals surface area contributed by atoms with Crippen molar-refractivity contribution < 1.29 is 13.3 Å². The van der Waals surface area contributed by atoms with Gasteiger partial charge in [-0.2, -0.15) is 0 Å². The van der Waals surface area contributed by atoms with Gasteiger partial charge in [-0.05, 0) is 33.5 Å². The van der Waals surface area contributed by atoms with Crippen LogP contribution >= 0.6 is 12.4 Å². The molecule has 0 unspecified atom stereocenters. The summed E-state index contributed by atoms with van der Waals surface area (Å²) >= 11 is 0. The van der Waals surface area contributed by atoms with Crippen molar-refractivity contribution in [3.05, 3.63) is 0 Å². The van der Waals surface area contributed by atoms with Crippen LogP contribution in [-0.4, -0.2) is 55.2 Å².